The standard InChI is InChI=1S/C9H12F2N2O/c1-6(13-12)7-3-2-4-8(5-7)14-9(10)11/h2-6,9,13H,12H2,1H3. The zero-order valence-corrected chi connectivity index (χ0v) is 7.71. The van der Waals surface area contributed by atoms with Crippen LogP contribution in [0.2, 0.25) is 0 Å². The number of hydrogen-bond acceptors (Lipinski definition) is 3. The number of hydrogen-bond donors (Lipinski definition) is 2. The fourth-order valence-electron chi connectivity index (χ4n) is 1.06. The van der Waals surface area contributed by atoms with Gasteiger partial charge in [-0.05, 0) is 24.6 Å². The molecule has 0 fully saturated rings. The Kier molecular flexibility index (Phi) is 3.79. The van der Waals surface area contributed by atoms with Crippen molar-refractivity contribution in [3.05, 3.63) is 29.8 Å². The van der Waals surface area contributed by atoms with Crippen LogP contribution in [0.15, 0.2) is 24.3 Å². The maximum atomic E-state index is 11.9. The molecule has 0 amide bonds. The molecule has 0 aliphatic heterocycles. The molecule has 0 saturated heterocycles. The maximum Gasteiger partial charge on any atom is 0.387 e. The molecule has 14 heavy (non-hydrogen) atoms. The van der Waals surface area contributed by atoms with Gasteiger partial charge in [0.25, 0.3) is 0 Å². The third kappa shape index (κ3) is 2.93. The Morgan fingerprint density at radius 1 is 1.43 bits per heavy atom. The summed E-state index contributed by atoms with van der Waals surface area (Å²) in [5.41, 5.74) is 3.32. The van der Waals surface area contributed by atoms with Crippen molar-refractivity contribution in [3.63, 3.8) is 0 Å². The van der Waals surface area contributed by atoms with Gasteiger partial charge in [-0.15, -0.1) is 0 Å². The second-order valence-corrected chi connectivity index (χ2v) is 2.84. The number of nitrogens with two attached hydrogens (primary N) is 1. The molecular weight excluding hydrogens is 190 g/mol. The van der Waals surface area contributed by atoms with Gasteiger partial charge in [0.05, 0.1) is 0 Å². The maximum absolute atomic E-state index is 11.9. The first-order valence-electron chi connectivity index (χ1n) is 4.14. The van der Waals surface area contributed by atoms with E-state index in [-0.39, 0.29) is 11.8 Å². The Bertz CT molecular complexity index is 294. The van der Waals surface area contributed by atoms with Crippen LogP contribution in [0.4, 0.5) is 8.78 Å². The molecule has 0 heterocycles. The lowest BCUT2D eigenvalue weighted by Crippen LogP contribution is -2.25. The number of alkyl halides is 2. The fourth-order valence-corrected chi connectivity index (χ4v) is 1.06. The molecule has 5 heteroatoms. The molecule has 0 aliphatic carbocycles. The number of hydrazine groups is 1. The van der Waals surface area contributed by atoms with E-state index in [2.05, 4.69) is 10.2 Å². The molecule has 3 nitrogen and oxygen atoms in total. The minimum absolute atomic E-state index is 0.101. The van der Waals surface area contributed by atoms with Gasteiger partial charge in [0.2, 0.25) is 0 Å². The molecule has 0 radical (unpaired) electrons. The zero-order chi connectivity index (χ0) is 10.6. The number of ether oxygens (including phenoxy) is 1. The third-order valence-electron chi connectivity index (χ3n) is 1.83. The molecular formula is C9H12F2N2O. The van der Waals surface area contributed by atoms with Crippen LogP contribution in [-0.2, 0) is 0 Å². The van der Waals surface area contributed by atoms with E-state index in [0.717, 1.165) is 5.56 Å². The van der Waals surface area contributed by atoms with Crippen molar-refractivity contribution in [2.75, 3.05) is 0 Å². The summed E-state index contributed by atoms with van der Waals surface area (Å²) < 4.78 is 28.0. The molecule has 0 bridgehead atoms. The van der Waals surface area contributed by atoms with E-state index >= 15 is 0 Å². The van der Waals surface area contributed by atoms with Gasteiger partial charge in [0.1, 0.15) is 5.75 Å². The molecule has 1 unspecified atom stereocenters. The van der Waals surface area contributed by atoms with Gasteiger partial charge >= 0.3 is 6.61 Å². The summed E-state index contributed by atoms with van der Waals surface area (Å²) in [4.78, 5) is 0. The topological polar surface area (TPSA) is 47.3 Å². The van der Waals surface area contributed by atoms with Crippen LogP contribution in [0.5, 0.6) is 5.75 Å². The Morgan fingerprint density at radius 3 is 2.71 bits per heavy atom. The Morgan fingerprint density at radius 2 is 2.14 bits per heavy atom. The molecule has 3 N–H and O–H groups in total. The van der Waals surface area contributed by atoms with Crippen LogP contribution >= 0.6 is 0 Å². The molecule has 0 spiro atoms. The largest absolute Gasteiger partial charge is 0.435 e. The first kappa shape index (κ1) is 10.9. The van der Waals surface area contributed by atoms with Gasteiger partial charge in [-0.1, -0.05) is 12.1 Å². The summed E-state index contributed by atoms with van der Waals surface area (Å²) >= 11 is 0. The van der Waals surface area contributed by atoms with Crippen LogP contribution in [-0.4, -0.2) is 6.61 Å². The van der Waals surface area contributed by atoms with Gasteiger partial charge in [-0.25, -0.2) is 0 Å². The van der Waals surface area contributed by atoms with E-state index in [4.69, 9.17) is 5.84 Å². The molecule has 1 rings (SSSR count). The van der Waals surface area contributed by atoms with Crippen LogP contribution in [0.1, 0.15) is 18.5 Å². The van der Waals surface area contributed by atoms with Gasteiger partial charge in [-0.2, -0.15) is 8.78 Å². The summed E-state index contributed by atoms with van der Waals surface area (Å²) in [6.07, 6.45) is 0. The van der Waals surface area contributed by atoms with Crippen molar-refractivity contribution in [1.82, 2.24) is 5.43 Å². The summed E-state index contributed by atoms with van der Waals surface area (Å²) in [7, 11) is 0. The second kappa shape index (κ2) is 4.88. The first-order valence-corrected chi connectivity index (χ1v) is 4.14. The van der Waals surface area contributed by atoms with Crippen molar-refractivity contribution < 1.29 is 13.5 Å². The highest BCUT2D eigenvalue weighted by Gasteiger charge is 2.07. The van der Waals surface area contributed by atoms with E-state index in [9.17, 15) is 8.78 Å². The lowest BCUT2D eigenvalue weighted by atomic mass is 10.1. The smallest absolute Gasteiger partial charge is 0.387 e. The normalized spacial score (nSPS) is 12.9. The lowest BCUT2D eigenvalue weighted by molar-refractivity contribution is -0.0499. The van der Waals surface area contributed by atoms with Crippen molar-refractivity contribution >= 4 is 0 Å². The van der Waals surface area contributed by atoms with Crippen molar-refractivity contribution in [1.29, 1.82) is 0 Å². The summed E-state index contributed by atoms with van der Waals surface area (Å²) in [6, 6.07) is 6.32. The minimum Gasteiger partial charge on any atom is -0.435 e. The first-order chi connectivity index (χ1) is 6.63. The van der Waals surface area contributed by atoms with Crippen molar-refractivity contribution in [2.45, 2.75) is 19.6 Å². The van der Waals surface area contributed by atoms with Gasteiger partial charge in [0.15, 0.2) is 0 Å². The molecule has 1 aromatic carbocycles. The van der Waals surface area contributed by atoms with Gasteiger partial charge < -0.3 is 4.74 Å². The highest BCUT2D eigenvalue weighted by Crippen LogP contribution is 2.19. The molecule has 1 atom stereocenters. The van der Waals surface area contributed by atoms with E-state index in [0.29, 0.717) is 0 Å². The van der Waals surface area contributed by atoms with E-state index < -0.39 is 6.61 Å². The number of rotatable bonds is 4. The fraction of sp³-hybridized carbons (Fsp3) is 0.333. The number of halogens is 2. The molecule has 0 aliphatic rings. The zero-order valence-electron chi connectivity index (χ0n) is 7.71. The lowest BCUT2D eigenvalue weighted by Gasteiger charge is -2.11. The van der Waals surface area contributed by atoms with E-state index in [1.807, 2.05) is 6.92 Å². The predicted octanol–water partition coefficient (Wildman–Crippen LogP) is 1.81. The average molecular weight is 202 g/mol. The summed E-state index contributed by atoms with van der Waals surface area (Å²) in [5, 5.41) is 0. The van der Waals surface area contributed by atoms with E-state index in [1.54, 1.807) is 12.1 Å². The Labute approximate surface area is 80.8 Å². The van der Waals surface area contributed by atoms with Crippen LogP contribution in [0, 0.1) is 0 Å². The van der Waals surface area contributed by atoms with Gasteiger partial charge in [-0.3, -0.25) is 11.3 Å². The molecule has 0 saturated carbocycles. The number of benzene rings is 1. The Balaban J connectivity index is 2.78. The predicted molar refractivity (Wildman–Crippen MR) is 48.8 cm³/mol. The van der Waals surface area contributed by atoms with Crippen molar-refractivity contribution in [3.8, 4) is 5.75 Å². The van der Waals surface area contributed by atoms with Crippen molar-refractivity contribution in [2.24, 2.45) is 5.84 Å². The SMILES string of the molecule is CC(NN)c1cccc(OC(F)F)c1. The third-order valence-corrected chi connectivity index (χ3v) is 1.83. The van der Waals surface area contributed by atoms with Crippen LogP contribution in [0.3, 0.4) is 0 Å². The minimum atomic E-state index is -2.80. The highest BCUT2D eigenvalue weighted by atomic mass is 19.3. The quantitative estimate of drug-likeness (QED) is 0.578. The summed E-state index contributed by atoms with van der Waals surface area (Å²) in [6.45, 7) is -0.979. The molecule has 1 aromatic rings. The monoisotopic (exact) mass is 202 g/mol. The second-order valence-electron chi connectivity index (χ2n) is 2.84. The van der Waals surface area contributed by atoms with Gasteiger partial charge in [0, 0.05) is 6.04 Å². The van der Waals surface area contributed by atoms with E-state index in [1.165, 1.54) is 12.1 Å². The average Bonchev–Trinajstić information content (AvgIpc) is 2.16. The summed E-state index contributed by atoms with van der Waals surface area (Å²) in [5.74, 6) is 5.35. The number of nitrogens with one attached hydrogen (secondary N) is 1. The molecule has 0 aromatic heterocycles. The van der Waals surface area contributed by atoms with Crippen LogP contribution in [0.25, 0.3) is 0 Å². The Hall–Kier alpha value is -1.20. The highest BCUT2D eigenvalue weighted by molar-refractivity contribution is 5.30. The molecule has 78 valence electrons. The van der Waals surface area contributed by atoms with Crippen LogP contribution < -0.4 is 16.0 Å².